The molecule has 1 aromatic carbocycles. The molecule has 1 aromatic heterocycles. The van der Waals surface area contributed by atoms with Crippen molar-refractivity contribution in [2.45, 2.75) is 0 Å². The van der Waals surface area contributed by atoms with Gasteiger partial charge in [0, 0.05) is 28.4 Å². The summed E-state index contributed by atoms with van der Waals surface area (Å²) in [6.07, 6.45) is 3.58. The molecule has 0 fully saturated rings. The molecule has 5 nitrogen and oxygen atoms in total. The fourth-order valence-electron chi connectivity index (χ4n) is 1.80. The minimum atomic E-state index is 0.250. The highest BCUT2D eigenvalue weighted by Crippen LogP contribution is 2.21. The zero-order chi connectivity index (χ0) is 12.4. The van der Waals surface area contributed by atoms with Crippen LogP contribution in [0.25, 0.3) is 10.9 Å². The average Bonchev–Trinajstić information content (AvgIpc) is 2.99. The maximum atomic E-state index is 9.47. The summed E-state index contributed by atoms with van der Waals surface area (Å²) in [5.74, 6) is 1.26. The van der Waals surface area contributed by atoms with Crippen molar-refractivity contribution in [3.05, 3.63) is 30.0 Å². The number of aliphatic imine (C=N–C) groups is 1. The number of aromatic amines is 1. The third-order valence-electron chi connectivity index (χ3n) is 2.65. The molecule has 0 atom stereocenters. The molecule has 0 spiro atoms. The van der Waals surface area contributed by atoms with E-state index >= 15 is 0 Å². The van der Waals surface area contributed by atoms with Crippen LogP contribution in [0.2, 0.25) is 0 Å². The maximum Gasteiger partial charge on any atom is 0.177 e. The summed E-state index contributed by atoms with van der Waals surface area (Å²) in [5, 5.41) is 15.4. The van der Waals surface area contributed by atoms with Gasteiger partial charge in [0.05, 0.1) is 12.8 Å². The minimum Gasteiger partial charge on any atom is -0.508 e. The van der Waals surface area contributed by atoms with Crippen LogP contribution in [-0.2, 0) is 0 Å². The number of aromatic nitrogens is 1. The van der Waals surface area contributed by atoms with Crippen molar-refractivity contribution >= 4 is 34.0 Å². The second-order valence-electron chi connectivity index (χ2n) is 3.88. The number of fused-ring (bicyclic) bond motifs is 1. The number of hydrazone groups is 1. The lowest BCUT2D eigenvalue weighted by molar-refractivity contribution is 0.476. The van der Waals surface area contributed by atoms with Gasteiger partial charge in [0.2, 0.25) is 0 Å². The Morgan fingerprint density at radius 2 is 2.44 bits per heavy atom. The van der Waals surface area contributed by atoms with Crippen LogP contribution in [0.1, 0.15) is 5.56 Å². The number of nitrogens with one attached hydrogen (secondary N) is 2. The highest BCUT2D eigenvalue weighted by molar-refractivity contribution is 8.14. The standard InChI is InChI=1S/C12H12N4OS/c17-9-1-2-11-10(5-9)8(6-14-11)7-15-16-12-13-3-4-18-12/h1-2,5-7,14,17H,3-4H2,(H,13,16)/b15-7+. The first-order valence-electron chi connectivity index (χ1n) is 5.59. The molecule has 3 N–H and O–H groups in total. The van der Waals surface area contributed by atoms with Crippen molar-refractivity contribution in [2.24, 2.45) is 10.1 Å². The lowest BCUT2D eigenvalue weighted by atomic mass is 10.2. The van der Waals surface area contributed by atoms with E-state index in [4.69, 9.17) is 0 Å². The molecule has 0 saturated carbocycles. The van der Waals surface area contributed by atoms with Crippen LogP contribution in [0.3, 0.4) is 0 Å². The molecule has 1 aliphatic heterocycles. The number of thioether (sulfide) groups is 1. The monoisotopic (exact) mass is 260 g/mol. The van der Waals surface area contributed by atoms with Crippen LogP contribution in [-0.4, -0.2) is 33.8 Å². The highest BCUT2D eigenvalue weighted by Gasteiger charge is 2.05. The Bertz CT molecular complexity index is 632. The first-order valence-corrected chi connectivity index (χ1v) is 6.58. The average molecular weight is 260 g/mol. The van der Waals surface area contributed by atoms with Gasteiger partial charge in [0.15, 0.2) is 5.17 Å². The highest BCUT2D eigenvalue weighted by atomic mass is 32.2. The molecule has 0 bridgehead atoms. The van der Waals surface area contributed by atoms with Crippen molar-refractivity contribution in [2.75, 3.05) is 12.3 Å². The van der Waals surface area contributed by atoms with Gasteiger partial charge in [-0.1, -0.05) is 11.8 Å². The van der Waals surface area contributed by atoms with Crippen LogP contribution < -0.4 is 5.43 Å². The van der Waals surface area contributed by atoms with Crippen molar-refractivity contribution in [3.8, 4) is 5.75 Å². The third kappa shape index (κ3) is 2.19. The van der Waals surface area contributed by atoms with Gasteiger partial charge >= 0.3 is 0 Å². The first-order chi connectivity index (χ1) is 8.83. The van der Waals surface area contributed by atoms with Gasteiger partial charge in [-0.15, -0.1) is 0 Å². The molecule has 2 heterocycles. The summed E-state index contributed by atoms with van der Waals surface area (Å²) in [6.45, 7) is 0.851. The molecule has 0 amide bonds. The lowest BCUT2D eigenvalue weighted by Crippen LogP contribution is -2.11. The SMILES string of the molecule is Oc1ccc2[nH]cc(/C=N/NC3=NCCS3)c2c1. The van der Waals surface area contributed by atoms with E-state index in [-0.39, 0.29) is 5.75 Å². The zero-order valence-corrected chi connectivity index (χ0v) is 10.4. The van der Waals surface area contributed by atoms with E-state index < -0.39 is 0 Å². The van der Waals surface area contributed by atoms with Gasteiger partial charge in [-0.3, -0.25) is 10.4 Å². The first kappa shape index (κ1) is 11.2. The quantitative estimate of drug-likeness (QED) is 0.570. The van der Waals surface area contributed by atoms with Gasteiger partial charge < -0.3 is 10.1 Å². The molecule has 0 aliphatic carbocycles. The summed E-state index contributed by atoms with van der Waals surface area (Å²) in [5.41, 5.74) is 4.81. The lowest BCUT2D eigenvalue weighted by Gasteiger charge is -1.96. The fourth-order valence-corrected chi connectivity index (χ4v) is 2.47. The van der Waals surface area contributed by atoms with E-state index in [0.717, 1.165) is 33.9 Å². The van der Waals surface area contributed by atoms with Crippen LogP contribution >= 0.6 is 11.8 Å². The van der Waals surface area contributed by atoms with E-state index in [1.165, 1.54) is 0 Å². The largest absolute Gasteiger partial charge is 0.508 e. The van der Waals surface area contributed by atoms with Crippen molar-refractivity contribution < 1.29 is 5.11 Å². The van der Waals surface area contributed by atoms with E-state index in [1.807, 2.05) is 12.3 Å². The normalized spacial score (nSPS) is 15.4. The van der Waals surface area contributed by atoms with Gasteiger partial charge in [0.25, 0.3) is 0 Å². The number of nitrogens with zero attached hydrogens (tertiary/aromatic N) is 2. The van der Waals surface area contributed by atoms with Crippen molar-refractivity contribution in [1.29, 1.82) is 0 Å². The molecule has 3 rings (SSSR count). The topological polar surface area (TPSA) is 72.8 Å². The number of phenolic OH excluding ortho intramolecular Hbond substituents is 1. The van der Waals surface area contributed by atoms with Crippen LogP contribution in [0.4, 0.5) is 0 Å². The Morgan fingerprint density at radius 1 is 1.50 bits per heavy atom. The Balaban J connectivity index is 1.81. The van der Waals surface area contributed by atoms with Crippen LogP contribution in [0, 0.1) is 0 Å². The number of amidine groups is 1. The summed E-state index contributed by atoms with van der Waals surface area (Å²) in [6, 6.07) is 5.21. The zero-order valence-electron chi connectivity index (χ0n) is 9.55. The van der Waals surface area contributed by atoms with E-state index in [0.29, 0.717) is 0 Å². The number of aromatic hydroxyl groups is 1. The van der Waals surface area contributed by atoms with Crippen molar-refractivity contribution in [1.82, 2.24) is 10.4 Å². The van der Waals surface area contributed by atoms with Gasteiger partial charge in [-0.05, 0) is 18.2 Å². The molecule has 0 radical (unpaired) electrons. The Morgan fingerprint density at radius 3 is 3.28 bits per heavy atom. The third-order valence-corrected chi connectivity index (χ3v) is 3.53. The maximum absolute atomic E-state index is 9.47. The number of H-pyrrole nitrogens is 1. The summed E-state index contributed by atoms with van der Waals surface area (Å²) >= 11 is 1.66. The predicted octanol–water partition coefficient (Wildman–Crippen LogP) is 1.90. The van der Waals surface area contributed by atoms with Gasteiger partial charge in [-0.2, -0.15) is 5.10 Å². The van der Waals surface area contributed by atoms with Gasteiger partial charge in [0.1, 0.15) is 5.75 Å². The van der Waals surface area contributed by atoms with E-state index in [9.17, 15) is 5.11 Å². The summed E-state index contributed by atoms with van der Waals surface area (Å²) < 4.78 is 0. The smallest absolute Gasteiger partial charge is 0.177 e. The van der Waals surface area contributed by atoms with Crippen LogP contribution in [0.5, 0.6) is 5.75 Å². The molecule has 0 unspecified atom stereocenters. The number of hydrogen-bond donors (Lipinski definition) is 3. The second-order valence-corrected chi connectivity index (χ2v) is 4.96. The number of benzene rings is 1. The van der Waals surface area contributed by atoms with Crippen molar-refractivity contribution in [3.63, 3.8) is 0 Å². The Labute approximate surface area is 108 Å². The number of phenols is 1. The van der Waals surface area contributed by atoms with Gasteiger partial charge in [-0.25, -0.2) is 0 Å². The number of rotatable bonds is 2. The molecule has 2 aromatic rings. The number of hydrogen-bond acceptors (Lipinski definition) is 5. The molecular weight excluding hydrogens is 248 g/mol. The Kier molecular flexibility index (Phi) is 2.93. The molecule has 18 heavy (non-hydrogen) atoms. The molecular formula is C12H12N4OS. The predicted molar refractivity (Wildman–Crippen MR) is 75.5 cm³/mol. The summed E-state index contributed by atoms with van der Waals surface area (Å²) in [4.78, 5) is 7.37. The van der Waals surface area contributed by atoms with E-state index in [2.05, 4.69) is 20.5 Å². The fraction of sp³-hybridized carbons (Fsp3) is 0.167. The molecule has 1 aliphatic rings. The molecule has 0 saturated heterocycles. The minimum absolute atomic E-state index is 0.250. The molecule has 92 valence electrons. The summed E-state index contributed by atoms with van der Waals surface area (Å²) in [7, 11) is 0. The van der Waals surface area contributed by atoms with Crippen LogP contribution in [0.15, 0.2) is 34.5 Å². The van der Waals surface area contributed by atoms with E-state index in [1.54, 1.807) is 30.1 Å². The second kappa shape index (κ2) is 4.73. The molecule has 6 heteroatoms. The Hall–Kier alpha value is -1.95.